The molecule has 1 unspecified atom stereocenters. The molecule has 22 heavy (non-hydrogen) atoms. The molecular formula is C19H27N3. The summed E-state index contributed by atoms with van der Waals surface area (Å²) in [5, 5.41) is 3.70. The van der Waals surface area contributed by atoms with Gasteiger partial charge in [-0.2, -0.15) is 0 Å². The van der Waals surface area contributed by atoms with E-state index in [2.05, 4.69) is 28.4 Å². The Morgan fingerprint density at radius 2 is 2.14 bits per heavy atom. The summed E-state index contributed by atoms with van der Waals surface area (Å²) >= 11 is 0. The maximum atomic E-state index is 4.93. The molecule has 3 heteroatoms. The Bertz CT molecular complexity index is 547. The number of likely N-dealkylation sites (tertiary alicyclic amines) is 1. The molecule has 0 aromatic heterocycles. The van der Waals surface area contributed by atoms with Gasteiger partial charge in [-0.3, -0.25) is 0 Å². The van der Waals surface area contributed by atoms with Gasteiger partial charge in [0.15, 0.2) is 0 Å². The highest BCUT2D eigenvalue weighted by atomic mass is 15.1. The number of nitrogens with zero attached hydrogens (tertiary/aromatic N) is 2. The van der Waals surface area contributed by atoms with Gasteiger partial charge in [0.2, 0.25) is 0 Å². The van der Waals surface area contributed by atoms with E-state index in [1.807, 2.05) is 0 Å². The fraction of sp³-hybridized carbons (Fsp3) is 0.632. The summed E-state index contributed by atoms with van der Waals surface area (Å²) in [6.45, 7) is 3.84. The Labute approximate surface area is 133 Å². The van der Waals surface area contributed by atoms with E-state index in [4.69, 9.17) is 4.99 Å². The predicted octanol–water partition coefficient (Wildman–Crippen LogP) is 3.56. The third-order valence-electron chi connectivity index (χ3n) is 5.35. The topological polar surface area (TPSA) is 27.6 Å². The first-order valence-corrected chi connectivity index (χ1v) is 9.07. The van der Waals surface area contributed by atoms with Crippen molar-refractivity contribution in [2.75, 3.05) is 19.6 Å². The molecule has 118 valence electrons. The molecule has 2 heterocycles. The van der Waals surface area contributed by atoms with Crippen LogP contribution in [0.3, 0.4) is 0 Å². The van der Waals surface area contributed by atoms with Gasteiger partial charge in [0.1, 0.15) is 5.84 Å². The highest BCUT2D eigenvalue weighted by Crippen LogP contribution is 2.35. The average Bonchev–Trinajstić information content (AvgIpc) is 2.56. The van der Waals surface area contributed by atoms with Crippen LogP contribution in [0.5, 0.6) is 0 Å². The second kappa shape index (κ2) is 6.41. The number of allylic oxidation sites excluding steroid dienone is 3. The van der Waals surface area contributed by atoms with Gasteiger partial charge in [-0.1, -0.05) is 24.6 Å². The molecule has 1 atom stereocenters. The molecule has 0 amide bonds. The zero-order chi connectivity index (χ0) is 14.8. The SMILES string of the molecule is C1=CC2=C3C(=CCC2)N=C(CCCN2CCCCC2)NC3C1. The second-order valence-corrected chi connectivity index (χ2v) is 6.97. The van der Waals surface area contributed by atoms with E-state index in [0.717, 1.165) is 19.3 Å². The van der Waals surface area contributed by atoms with E-state index >= 15 is 0 Å². The van der Waals surface area contributed by atoms with E-state index in [1.165, 1.54) is 74.4 Å². The van der Waals surface area contributed by atoms with Crippen molar-refractivity contribution < 1.29 is 0 Å². The molecule has 0 radical (unpaired) electrons. The first kappa shape index (κ1) is 14.3. The van der Waals surface area contributed by atoms with Crippen molar-refractivity contribution in [1.82, 2.24) is 10.2 Å². The van der Waals surface area contributed by atoms with Crippen LogP contribution in [0.1, 0.15) is 51.4 Å². The number of piperidine rings is 1. The number of nitrogens with one attached hydrogen (secondary N) is 1. The van der Waals surface area contributed by atoms with Crippen LogP contribution in [0.2, 0.25) is 0 Å². The monoisotopic (exact) mass is 297 g/mol. The standard InChI is InChI=1S/C19H27N3/c1-2-12-22(13-3-1)14-6-11-18-20-16-9-4-7-15-8-5-10-17(21-18)19(15)16/h4,7,10,16H,1-3,5-6,8-9,11-14H2,(H,20,21). The summed E-state index contributed by atoms with van der Waals surface area (Å²) in [6.07, 6.45) is 17.0. The Kier molecular flexibility index (Phi) is 4.15. The van der Waals surface area contributed by atoms with Crippen LogP contribution in [-0.2, 0) is 0 Å². The molecule has 4 rings (SSSR count). The lowest BCUT2D eigenvalue weighted by molar-refractivity contribution is 0.227. The first-order chi connectivity index (χ1) is 10.9. The Morgan fingerprint density at radius 3 is 3.05 bits per heavy atom. The lowest BCUT2D eigenvalue weighted by atomic mass is 9.84. The molecule has 1 N–H and O–H groups in total. The molecule has 4 aliphatic rings. The van der Waals surface area contributed by atoms with Gasteiger partial charge in [-0.05, 0) is 63.7 Å². The van der Waals surface area contributed by atoms with Crippen molar-refractivity contribution in [3.8, 4) is 0 Å². The Balaban J connectivity index is 1.38. The minimum absolute atomic E-state index is 0.481. The van der Waals surface area contributed by atoms with E-state index in [9.17, 15) is 0 Å². The molecule has 2 aliphatic heterocycles. The lowest BCUT2D eigenvalue weighted by Gasteiger charge is -2.34. The summed E-state index contributed by atoms with van der Waals surface area (Å²) in [7, 11) is 0. The van der Waals surface area contributed by atoms with Gasteiger partial charge in [0.05, 0.1) is 11.7 Å². The largest absolute Gasteiger partial charge is 0.366 e. The number of hydrogen-bond donors (Lipinski definition) is 1. The minimum Gasteiger partial charge on any atom is -0.366 e. The third kappa shape index (κ3) is 2.91. The van der Waals surface area contributed by atoms with Crippen LogP contribution < -0.4 is 5.32 Å². The van der Waals surface area contributed by atoms with Crippen molar-refractivity contribution in [2.45, 2.75) is 57.4 Å². The molecule has 1 saturated heterocycles. The van der Waals surface area contributed by atoms with E-state index in [1.54, 1.807) is 0 Å². The lowest BCUT2D eigenvalue weighted by Crippen LogP contribution is -2.42. The zero-order valence-electron chi connectivity index (χ0n) is 13.5. The highest BCUT2D eigenvalue weighted by molar-refractivity contribution is 5.86. The third-order valence-corrected chi connectivity index (χ3v) is 5.35. The van der Waals surface area contributed by atoms with Gasteiger partial charge >= 0.3 is 0 Å². The zero-order valence-corrected chi connectivity index (χ0v) is 13.5. The Hall–Kier alpha value is -1.35. The normalized spacial score (nSPS) is 27.9. The molecule has 0 bridgehead atoms. The molecule has 1 fully saturated rings. The van der Waals surface area contributed by atoms with Gasteiger partial charge in [0, 0.05) is 12.0 Å². The predicted molar refractivity (Wildman–Crippen MR) is 92.0 cm³/mol. The van der Waals surface area contributed by atoms with E-state index in [0.29, 0.717) is 6.04 Å². The number of amidine groups is 1. The smallest absolute Gasteiger partial charge is 0.103 e. The molecule has 0 spiro atoms. The molecule has 0 aromatic carbocycles. The molecule has 0 saturated carbocycles. The van der Waals surface area contributed by atoms with Crippen molar-refractivity contribution in [3.05, 3.63) is 35.1 Å². The van der Waals surface area contributed by atoms with Crippen molar-refractivity contribution >= 4 is 5.84 Å². The van der Waals surface area contributed by atoms with Gasteiger partial charge in [-0.25, -0.2) is 4.99 Å². The molecule has 0 aromatic rings. The number of rotatable bonds is 4. The Morgan fingerprint density at radius 1 is 1.23 bits per heavy atom. The van der Waals surface area contributed by atoms with Crippen molar-refractivity contribution in [2.24, 2.45) is 4.99 Å². The van der Waals surface area contributed by atoms with Crippen LogP contribution in [0, 0.1) is 0 Å². The van der Waals surface area contributed by atoms with E-state index < -0.39 is 0 Å². The van der Waals surface area contributed by atoms with E-state index in [-0.39, 0.29) is 0 Å². The summed E-state index contributed by atoms with van der Waals surface area (Å²) in [6, 6.07) is 0.481. The van der Waals surface area contributed by atoms with Crippen LogP contribution >= 0.6 is 0 Å². The van der Waals surface area contributed by atoms with Crippen molar-refractivity contribution in [1.29, 1.82) is 0 Å². The second-order valence-electron chi connectivity index (χ2n) is 6.97. The van der Waals surface area contributed by atoms with Gasteiger partial charge < -0.3 is 10.2 Å². The van der Waals surface area contributed by atoms with Gasteiger partial charge in [-0.15, -0.1) is 0 Å². The quantitative estimate of drug-likeness (QED) is 0.859. The van der Waals surface area contributed by atoms with Crippen LogP contribution in [0.4, 0.5) is 0 Å². The molecular weight excluding hydrogens is 270 g/mol. The summed E-state index contributed by atoms with van der Waals surface area (Å²) in [5.74, 6) is 1.22. The summed E-state index contributed by atoms with van der Waals surface area (Å²) in [5.41, 5.74) is 4.26. The average molecular weight is 297 g/mol. The molecule has 2 aliphatic carbocycles. The van der Waals surface area contributed by atoms with Crippen molar-refractivity contribution in [3.63, 3.8) is 0 Å². The fourth-order valence-corrected chi connectivity index (χ4v) is 4.21. The summed E-state index contributed by atoms with van der Waals surface area (Å²) in [4.78, 5) is 7.55. The minimum atomic E-state index is 0.481. The highest BCUT2D eigenvalue weighted by Gasteiger charge is 2.29. The molecule has 3 nitrogen and oxygen atoms in total. The summed E-state index contributed by atoms with van der Waals surface area (Å²) < 4.78 is 0. The number of aliphatic imine (C=N–C) groups is 1. The fourth-order valence-electron chi connectivity index (χ4n) is 4.21. The van der Waals surface area contributed by atoms with Crippen LogP contribution in [-0.4, -0.2) is 36.4 Å². The number of hydrogen-bond acceptors (Lipinski definition) is 3. The first-order valence-electron chi connectivity index (χ1n) is 9.07. The van der Waals surface area contributed by atoms with Gasteiger partial charge in [0.25, 0.3) is 0 Å². The van der Waals surface area contributed by atoms with Crippen LogP contribution in [0.25, 0.3) is 0 Å². The maximum absolute atomic E-state index is 4.93. The maximum Gasteiger partial charge on any atom is 0.103 e. The van der Waals surface area contributed by atoms with Crippen LogP contribution in [0.15, 0.2) is 40.1 Å².